The molecule has 1 heteroatoms. The number of rotatable bonds is 2. The van der Waals surface area contributed by atoms with Gasteiger partial charge >= 0.3 is 0 Å². The van der Waals surface area contributed by atoms with Crippen LogP contribution in [0.4, 0.5) is 0 Å². The van der Waals surface area contributed by atoms with Crippen molar-refractivity contribution in [3.8, 4) is 0 Å². The molecule has 2 aromatic carbocycles. The number of benzene rings is 2. The van der Waals surface area contributed by atoms with E-state index < -0.39 is 0 Å². The quantitative estimate of drug-likeness (QED) is 0.744. The Labute approximate surface area is 118 Å². The molecular weight excluding hydrogens is 244 g/mol. The zero-order chi connectivity index (χ0) is 13.8. The summed E-state index contributed by atoms with van der Waals surface area (Å²) in [5.74, 6) is 1.94. The summed E-state index contributed by atoms with van der Waals surface area (Å²) in [6.45, 7) is 0. The molecule has 2 aromatic rings. The van der Waals surface area contributed by atoms with E-state index in [0.29, 0.717) is 5.57 Å². The SMILES string of the molecule is O=C=C1[C]=CC=C(c2ccccc2)C1c1ccccc1. The van der Waals surface area contributed by atoms with Crippen molar-refractivity contribution in [1.29, 1.82) is 0 Å². The van der Waals surface area contributed by atoms with E-state index in [9.17, 15) is 4.79 Å². The van der Waals surface area contributed by atoms with Gasteiger partial charge in [0, 0.05) is 5.92 Å². The average molecular weight is 257 g/mol. The maximum Gasteiger partial charge on any atom is 0.129 e. The average Bonchev–Trinajstić information content (AvgIpc) is 2.55. The topological polar surface area (TPSA) is 17.1 Å². The van der Waals surface area contributed by atoms with Crippen LogP contribution in [-0.4, -0.2) is 5.94 Å². The van der Waals surface area contributed by atoms with Crippen molar-refractivity contribution < 1.29 is 4.79 Å². The molecular formula is C19H13O. The highest BCUT2D eigenvalue weighted by Gasteiger charge is 2.24. The van der Waals surface area contributed by atoms with Crippen LogP contribution >= 0.6 is 0 Å². The fraction of sp³-hybridized carbons (Fsp3) is 0.0526. The lowest BCUT2D eigenvalue weighted by molar-refractivity contribution is 0.566. The molecule has 0 aromatic heterocycles. The Bertz CT molecular complexity index is 702. The maximum absolute atomic E-state index is 11.2. The van der Waals surface area contributed by atoms with Crippen LogP contribution in [0.1, 0.15) is 17.0 Å². The molecule has 0 aliphatic heterocycles. The van der Waals surface area contributed by atoms with Gasteiger partial charge in [0.15, 0.2) is 0 Å². The molecule has 3 rings (SSSR count). The molecule has 0 saturated heterocycles. The van der Waals surface area contributed by atoms with Gasteiger partial charge in [0.2, 0.25) is 0 Å². The fourth-order valence-corrected chi connectivity index (χ4v) is 2.53. The predicted octanol–water partition coefficient (Wildman–Crippen LogP) is 3.98. The Hall–Kier alpha value is -2.63. The van der Waals surface area contributed by atoms with E-state index in [1.165, 1.54) is 0 Å². The van der Waals surface area contributed by atoms with Crippen LogP contribution in [0.25, 0.3) is 5.57 Å². The molecule has 0 saturated carbocycles. The third kappa shape index (κ3) is 2.27. The highest BCUT2D eigenvalue weighted by molar-refractivity contribution is 5.81. The fourth-order valence-electron chi connectivity index (χ4n) is 2.53. The van der Waals surface area contributed by atoms with E-state index in [-0.39, 0.29) is 5.92 Å². The van der Waals surface area contributed by atoms with Gasteiger partial charge in [-0.1, -0.05) is 72.8 Å². The minimum Gasteiger partial charge on any atom is -0.233 e. The molecule has 20 heavy (non-hydrogen) atoms. The van der Waals surface area contributed by atoms with Crippen molar-refractivity contribution in [3.63, 3.8) is 0 Å². The lowest BCUT2D eigenvalue weighted by Crippen LogP contribution is -2.08. The van der Waals surface area contributed by atoms with Gasteiger partial charge in [0.25, 0.3) is 0 Å². The normalized spacial score (nSPS) is 17.5. The van der Waals surface area contributed by atoms with E-state index in [1.54, 1.807) is 6.08 Å². The van der Waals surface area contributed by atoms with Crippen LogP contribution < -0.4 is 0 Å². The van der Waals surface area contributed by atoms with Crippen LogP contribution in [0, 0.1) is 6.08 Å². The number of allylic oxidation sites excluding steroid dienone is 5. The second-order valence-corrected chi connectivity index (χ2v) is 4.66. The Morgan fingerprint density at radius 1 is 0.900 bits per heavy atom. The molecule has 1 radical (unpaired) electrons. The van der Waals surface area contributed by atoms with Crippen LogP contribution in [-0.2, 0) is 4.79 Å². The predicted molar refractivity (Wildman–Crippen MR) is 80.6 cm³/mol. The Morgan fingerprint density at radius 3 is 2.20 bits per heavy atom. The number of hydrogen-bond acceptors (Lipinski definition) is 1. The Morgan fingerprint density at radius 2 is 1.55 bits per heavy atom. The second kappa shape index (κ2) is 5.56. The molecule has 1 atom stereocenters. The smallest absolute Gasteiger partial charge is 0.129 e. The van der Waals surface area contributed by atoms with Gasteiger partial charge in [-0.05, 0) is 22.8 Å². The van der Waals surface area contributed by atoms with E-state index in [1.807, 2.05) is 60.5 Å². The van der Waals surface area contributed by atoms with Crippen molar-refractivity contribution >= 4 is 11.5 Å². The molecule has 1 aliphatic rings. The molecule has 1 aliphatic carbocycles. The molecule has 0 fully saturated rings. The van der Waals surface area contributed by atoms with Crippen LogP contribution in [0.3, 0.4) is 0 Å². The summed E-state index contributed by atoms with van der Waals surface area (Å²) in [5.41, 5.74) is 3.86. The van der Waals surface area contributed by atoms with Crippen LogP contribution in [0.5, 0.6) is 0 Å². The van der Waals surface area contributed by atoms with E-state index in [4.69, 9.17) is 0 Å². The third-order valence-electron chi connectivity index (χ3n) is 3.45. The van der Waals surface area contributed by atoms with Crippen molar-refractivity contribution in [2.24, 2.45) is 0 Å². The molecule has 0 spiro atoms. The minimum atomic E-state index is -0.0962. The molecule has 1 nitrogen and oxygen atoms in total. The van der Waals surface area contributed by atoms with Crippen molar-refractivity contribution in [1.82, 2.24) is 0 Å². The van der Waals surface area contributed by atoms with Gasteiger partial charge in [0.05, 0.1) is 5.57 Å². The van der Waals surface area contributed by atoms with E-state index >= 15 is 0 Å². The van der Waals surface area contributed by atoms with Gasteiger partial charge in [-0.15, -0.1) is 0 Å². The van der Waals surface area contributed by atoms with Gasteiger partial charge < -0.3 is 0 Å². The standard InChI is InChI=1S/C19H13O/c20-14-17-12-7-13-18(15-8-3-1-4-9-15)19(17)16-10-5-2-6-11-16/h1-11,13,19H. The maximum atomic E-state index is 11.2. The molecule has 95 valence electrons. The highest BCUT2D eigenvalue weighted by Crippen LogP contribution is 2.39. The first kappa shape index (κ1) is 12.4. The lowest BCUT2D eigenvalue weighted by atomic mass is 9.79. The van der Waals surface area contributed by atoms with Gasteiger partial charge in [0.1, 0.15) is 5.94 Å². The van der Waals surface area contributed by atoms with E-state index in [0.717, 1.165) is 16.7 Å². The largest absolute Gasteiger partial charge is 0.233 e. The first-order valence-corrected chi connectivity index (χ1v) is 6.55. The summed E-state index contributed by atoms with van der Waals surface area (Å²) in [4.78, 5) is 11.2. The molecule has 1 unspecified atom stereocenters. The summed E-state index contributed by atoms with van der Waals surface area (Å²) < 4.78 is 0. The first-order valence-electron chi connectivity index (χ1n) is 6.55. The summed E-state index contributed by atoms with van der Waals surface area (Å²) in [5, 5.41) is 0. The minimum absolute atomic E-state index is 0.0962. The van der Waals surface area contributed by atoms with Crippen molar-refractivity contribution in [3.05, 3.63) is 95.6 Å². The monoisotopic (exact) mass is 257 g/mol. The second-order valence-electron chi connectivity index (χ2n) is 4.66. The molecule has 0 bridgehead atoms. The van der Waals surface area contributed by atoms with Crippen molar-refractivity contribution in [2.45, 2.75) is 5.92 Å². The zero-order valence-corrected chi connectivity index (χ0v) is 10.9. The third-order valence-corrected chi connectivity index (χ3v) is 3.45. The number of hydrogen-bond donors (Lipinski definition) is 0. The summed E-state index contributed by atoms with van der Waals surface area (Å²) >= 11 is 0. The van der Waals surface area contributed by atoms with Gasteiger partial charge in [-0.25, -0.2) is 4.79 Å². The van der Waals surface area contributed by atoms with Crippen LogP contribution in [0.2, 0.25) is 0 Å². The summed E-state index contributed by atoms with van der Waals surface area (Å²) in [6.07, 6.45) is 6.82. The first-order chi connectivity index (χ1) is 9.90. The molecule has 0 N–H and O–H groups in total. The Kier molecular flexibility index (Phi) is 3.45. The van der Waals surface area contributed by atoms with Crippen molar-refractivity contribution in [2.75, 3.05) is 0 Å². The summed E-state index contributed by atoms with van der Waals surface area (Å²) in [6, 6.07) is 20.1. The van der Waals surface area contributed by atoms with E-state index in [2.05, 4.69) is 18.2 Å². The van der Waals surface area contributed by atoms with Gasteiger partial charge in [-0.3, -0.25) is 0 Å². The lowest BCUT2D eigenvalue weighted by Gasteiger charge is -2.22. The summed E-state index contributed by atoms with van der Waals surface area (Å²) in [7, 11) is 0. The van der Waals surface area contributed by atoms with Gasteiger partial charge in [-0.2, -0.15) is 0 Å². The molecule has 0 heterocycles. The highest BCUT2D eigenvalue weighted by atomic mass is 16.1. The Balaban J connectivity index is 2.14. The number of carbonyl (C=O) groups excluding carboxylic acids is 1. The van der Waals surface area contributed by atoms with Crippen LogP contribution in [0.15, 0.2) is 78.4 Å². The molecule has 0 amide bonds. The zero-order valence-electron chi connectivity index (χ0n) is 10.9.